The first-order valence-corrected chi connectivity index (χ1v) is 5.76. The lowest BCUT2D eigenvalue weighted by Gasteiger charge is -2.20. The second-order valence-electron chi connectivity index (χ2n) is 4.47. The van der Waals surface area contributed by atoms with Crippen molar-refractivity contribution in [3.8, 4) is 0 Å². The summed E-state index contributed by atoms with van der Waals surface area (Å²) in [5.74, 6) is 0. The normalized spacial score (nSPS) is 12.3. The Balaban J connectivity index is 2.90. The second-order valence-corrected chi connectivity index (χ2v) is 5.26. The van der Waals surface area contributed by atoms with Crippen LogP contribution >= 0.6 is 15.9 Å². The maximum absolute atomic E-state index is 6.20. The van der Waals surface area contributed by atoms with Crippen molar-refractivity contribution >= 4 is 21.4 Å². The minimum Gasteiger partial charge on any atom is -0.321 e. The van der Waals surface area contributed by atoms with Gasteiger partial charge >= 0.3 is 0 Å². The summed E-state index contributed by atoms with van der Waals surface area (Å²) < 4.78 is 3.29. The maximum Gasteiger partial charge on any atom is 0.0598 e. The fraction of sp³-hybridized carbons (Fsp3) is 0.333. The average Bonchev–Trinajstić information content (AvgIpc) is 2.39. The summed E-state index contributed by atoms with van der Waals surface area (Å²) in [6.45, 7) is 6.16. The average molecular weight is 267 g/mol. The van der Waals surface area contributed by atoms with Crippen molar-refractivity contribution in [3.05, 3.63) is 40.1 Å². The molecule has 3 heteroatoms. The molecule has 80 valence electrons. The van der Waals surface area contributed by atoms with E-state index in [1.807, 2.05) is 26.0 Å². The predicted octanol–water partition coefficient (Wildman–Crippen LogP) is 3.20. The van der Waals surface area contributed by atoms with E-state index in [1.54, 1.807) is 0 Å². The van der Waals surface area contributed by atoms with Crippen LogP contribution in [0.25, 0.3) is 5.52 Å². The number of halogens is 1. The molecule has 0 aromatic carbocycles. The molecular weight excluding hydrogens is 252 g/mol. The maximum atomic E-state index is 6.20. The van der Waals surface area contributed by atoms with Gasteiger partial charge in [0.25, 0.3) is 0 Å². The molecule has 0 bridgehead atoms. The Kier molecular flexibility index (Phi) is 2.40. The standard InChI is InChI=1S/C12H15BrN2/c1-8-10(13)9-6-4-5-7-15(9)11(8)12(2,3)14/h4-7H,14H2,1-3H3. The molecule has 2 aromatic heterocycles. The highest BCUT2D eigenvalue weighted by molar-refractivity contribution is 9.10. The van der Waals surface area contributed by atoms with Crippen LogP contribution in [0.2, 0.25) is 0 Å². The molecule has 2 heterocycles. The molecule has 0 saturated heterocycles. The number of aromatic nitrogens is 1. The number of nitrogens with two attached hydrogens (primary N) is 1. The summed E-state index contributed by atoms with van der Waals surface area (Å²) in [5.41, 5.74) is 9.41. The van der Waals surface area contributed by atoms with Crippen LogP contribution in [0.4, 0.5) is 0 Å². The highest BCUT2D eigenvalue weighted by Crippen LogP contribution is 2.32. The van der Waals surface area contributed by atoms with E-state index in [4.69, 9.17) is 5.73 Å². The summed E-state index contributed by atoms with van der Waals surface area (Å²) in [6.07, 6.45) is 2.05. The molecule has 0 amide bonds. The van der Waals surface area contributed by atoms with Gasteiger partial charge in [0, 0.05) is 16.4 Å². The molecule has 15 heavy (non-hydrogen) atoms. The van der Waals surface area contributed by atoms with Crippen LogP contribution in [0, 0.1) is 6.92 Å². The van der Waals surface area contributed by atoms with E-state index in [0.29, 0.717) is 0 Å². The van der Waals surface area contributed by atoms with Crippen molar-refractivity contribution in [1.29, 1.82) is 0 Å². The number of pyridine rings is 1. The van der Waals surface area contributed by atoms with Gasteiger partial charge in [-0.3, -0.25) is 0 Å². The van der Waals surface area contributed by atoms with E-state index in [1.165, 1.54) is 11.1 Å². The summed E-state index contributed by atoms with van der Waals surface area (Å²) in [6, 6.07) is 6.15. The molecule has 0 unspecified atom stereocenters. The molecule has 0 aliphatic rings. The Morgan fingerprint density at radius 3 is 2.60 bits per heavy atom. The van der Waals surface area contributed by atoms with Crippen molar-refractivity contribution in [2.45, 2.75) is 26.3 Å². The lowest BCUT2D eigenvalue weighted by atomic mass is 9.99. The summed E-state index contributed by atoms with van der Waals surface area (Å²) in [4.78, 5) is 0. The number of rotatable bonds is 1. The van der Waals surface area contributed by atoms with Crippen LogP contribution in [-0.4, -0.2) is 4.40 Å². The van der Waals surface area contributed by atoms with Crippen molar-refractivity contribution < 1.29 is 0 Å². The number of nitrogens with zero attached hydrogens (tertiary/aromatic N) is 1. The molecule has 2 N–H and O–H groups in total. The van der Waals surface area contributed by atoms with Crippen LogP contribution in [0.1, 0.15) is 25.1 Å². The largest absolute Gasteiger partial charge is 0.321 e. The van der Waals surface area contributed by atoms with Gasteiger partial charge in [0.05, 0.1) is 11.1 Å². The number of hydrogen-bond donors (Lipinski definition) is 1. The minimum atomic E-state index is -0.333. The Hall–Kier alpha value is -0.800. The minimum absolute atomic E-state index is 0.333. The zero-order chi connectivity index (χ0) is 11.2. The molecule has 0 atom stereocenters. The van der Waals surface area contributed by atoms with E-state index in [0.717, 1.165) is 10.2 Å². The first-order chi connectivity index (χ1) is 6.93. The Morgan fingerprint density at radius 1 is 1.33 bits per heavy atom. The highest BCUT2D eigenvalue weighted by Gasteiger charge is 2.23. The van der Waals surface area contributed by atoms with Crippen LogP contribution in [0.5, 0.6) is 0 Å². The van der Waals surface area contributed by atoms with Crippen LogP contribution in [-0.2, 0) is 5.54 Å². The van der Waals surface area contributed by atoms with Crippen molar-refractivity contribution in [2.24, 2.45) is 5.73 Å². The van der Waals surface area contributed by atoms with Gasteiger partial charge in [0.2, 0.25) is 0 Å². The van der Waals surface area contributed by atoms with E-state index in [2.05, 4.69) is 39.5 Å². The van der Waals surface area contributed by atoms with Gasteiger partial charge in [-0.15, -0.1) is 0 Å². The molecule has 2 rings (SSSR count). The van der Waals surface area contributed by atoms with Crippen molar-refractivity contribution in [2.75, 3.05) is 0 Å². The summed E-state index contributed by atoms with van der Waals surface area (Å²) >= 11 is 3.62. The quantitative estimate of drug-likeness (QED) is 0.845. The fourth-order valence-corrected chi connectivity index (χ4v) is 2.60. The molecular formula is C12H15BrN2. The SMILES string of the molecule is Cc1c(Br)c2ccccn2c1C(C)(C)N. The monoisotopic (exact) mass is 266 g/mol. The van der Waals surface area contributed by atoms with Crippen molar-refractivity contribution in [1.82, 2.24) is 4.40 Å². The van der Waals surface area contributed by atoms with Gasteiger partial charge in [-0.05, 0) is 54.4 Å². The predicted molar refractivity (Wildman–Crippen MR) is 67.0 cm³/mol. The number of fused-ring (bicyclic) bond motifs is 1. The third-order valence-electron chi connectivity index (χ3n) is 2.62. The van der Waals surface area contributed by atoms with E-state index in [-0.39, 0.29) is 5.54 Å². The highest BCUT2D eigenvalue weighted by atomic mass is 79.9. The van der Waals surface area contributed by atoms with Gasteiger partial charge in [0.15, 0.2) is 0 Å². The first kappa shape index (κ1) is 10.7. The van der Waals surface area contributed by atoms with Gasteiger partial charge in [-0.25, -0.2) is 0 Å². The van der Waals surface area contributed by atoms with E-state index in [9.17, 15) is 0 Å². The molecule has 2 aromatic rings. The number of hydrogen-bond acceptors (Lipinski definition) is 1. The van der Waals surface area contributed by atoms with Gasteiger partial charge in [-0.1, -0.05) is 6.07 Å². The Labute approximate surface area is 98.2 Å². The topological polar surface area (TPSA) is 30.4 Å². The lowest BCUT2D eigenvalue weighted by Crippen LogP contribution is -2.31. The zero-order valence-corrected chi connectivity index (χ0v) is 10.8. The van der Waals surface area contributed by atoms with Gasteiger partial charge in [-0.2, -0.15) is 0 Å². The van der Waals surface area contributed by atoms with Gasteiger partial charge in [0.1, 0.15) is 0 Å². The molecule has 0 radical (unpaired) electrons. The third-order valence-corrected chi connectivity index (χ3v) is 3.62. The van der Waals surface area contributed by atoms with Crippen LogP contribution in [0.3, 0.4) is 0 Å². The van der Waals surface area contributed by atoms with E-state index >= 15 is 0 Å². The Morgan fingerprint density at radius 2 is 2.00 bits per heavy atom. The van der Waals surface area contributed by atoms with Gasteiger partial charge < -0.3 is 10.1 Å². The fourth-order valence-electron chi connectivity index (χ4n) is 2.09. The third kappa shape index (κ3) is 1.60. The molecule has 0 aliphatic heterocycles. The second kappa shape index (κ2) is 3.35. The lowest BCUT2D eigenvalue weighted by molar-refractivity contribution is 0.527. The molecule has 2 nitrogen and oxygen atoms in total. The molecule has 0 aliphatic carbocycles. The summed E-state index contributed by atoms with van der Waals surface area (Å²) in [7, 11) is 0. The first-order valence-electron chi connectivity index (χ1n) is 4.97. The zero-order valence-electron chi connectivity index (χ0n) is 9.21. The Bertz CT molecular complexity index is 506. The van der Waals surface area contributed by atoms with Crippen LogP contribution in [0.15, 0.2) is 28.9 Å². The molecule has 0 fully saturated rings. The molecule has 0 saturated carbocycles. The van der Waals surface area contributed by atoms with Crippen molar-refractivity contribution in [3.63, 3.8) is 0 Å². The van der Waals surface area contributed by atoms with Crippen LogP contribution < -0.4 is 5.73 Å². The smallest absolute Gasteiger partial charge is 0.0598 e. The summed E-state index contributed by atoms with van der Waals surface area (Å²) in [5, 5.41) is 0. The molecule has 0 spiro atoms. The van der Waals surface area contributed by atoms with E-state index < -0.39 is 0 Å².